The first-order valence-corrected chi connectivity index (χ1v) is 12.0. The molecule has 36 heavy (non-hydrogen) atoms. The van der Waals surface area contributed by atoms with Crippen molar-refractivity contribution in [2.45, 2.75) is 39.2 Å². The maximum absolute atomic E-state index is 12.3. The summed E-state index contributed by atoms with van der Waals surface area (Å²) in [4.78, 5) is 26.6. The third-order valence-corrected chi connectivity index (χ3v) is 5.91. The number of methoxy groups -OCH3 is 1. The Bertz CT molecular complexity index is 1380. The molecule has 0 amide bonds. The molecule has 1 unspecified atom stereocenters. The monoisotopic (exact) mass is 484 g/mol. The van der Waals surface area contributed by atoms with Crippen LogP contribution >= 0.6 is 0 Å². The van der Waals surface area contributed by atoms with Crippen LogP contribution < -0.4 is 30.5 Å². The highest BCUT2D eigenvalue weighted by atomic mass is 16.5. The van der Waals surface area contributed by atoms with E-state index in [0.717, 1.165) is 23.7 Å². The quantitative estimate of drug-likeness (QED) is 0.287. The average Bonchev–Trinajstić information content (AvgIpc) is 2.89. The lowest BCUT2D eigenvalue weighted by molar-refractivity contribution is 0.128. The molecule has 6 nitrogen and oxygen atoms in total. The number of benzene rings is 3. The summed E-state index contributed by atoms with van der Waals surface area (Å²) in [5, 5.41) is 3.12. The van der Waals surface area contributed by atoms with E-state index < -0.39 is 16.5 Å². The van der Waals surface area contributed by atoms with E-state index in [1.807, 2.05) is 75.4 Å². The minimum absolute atomic E-state index is 0.0858. The lowest BCUT2D eigenvalue weighted by Gasteiger charge is -2.29. The van der Waals surface area contributed by atoms with Crippen LogP contribution in [-0.2, 0) is 0 Å². The first-order chi connectivity index (χ1) is 17.2. The molecule has 1 N–H and O–H groups in total. The number of nitrogens with zero attached hydrogens (tertiary/aromatic N) is 1. The molecule has 0 aliphatic heterocycles. The molecule has 0 spiro atoms. The number of ether oxygens (including phenoxy) is 2. The Labute approximate surface area is 211 Å². The van der Waals surface area contributed by atoms with Gasteiger partial charge in [-0.1, -0.05) is 43.3 Å². The van der Waals surface area contributed by atoms with Crippen molar-refractivity contribution in [3.63, 3.8) is 0 Å². The van der Waals surface area contributed by atoms with Gasteiger partial charge in [-0.05, 0) is 74.7 Å². The Morgan fingerprint density at radius 3 is 2.19 bits per heavy atom. The van der Waals surface area contributed by atoms with E-state index in [2.05, 4.69) is 41.4 Å². The van der Waals surface area contributed by atoms with E-state index in [9.17, 15) is 9.59 Å². The molecular weight excluding hydrogens is 452 g/mol. The molecule has 6 heteroatoms. The van der Waals surface area contributed by atoms with Gasteiger partial charge in [0.1, 0.15) is 17.0 Å². The number of rotatable bonds is 9. The van der Waals surface area contributed by atoms with Crippen LogP contribution in [0.3, 0.4) is 0 Å². The van der Waals surface area contributed by atoms with Gasteiger partial charge < -0.3 is 19.7 Å². The largest absolute Gasteiger partial charge is 0.497 e. The van der Waals surface area contributed by atoms with E-state index in [0.29, 0.717) is 5.69 Å². The van der Waals surface area contributed by atoms with Gasteiger partial charge in [-0.3, -0.25) is 9.59 Å². The Hall–Kier alpha value is -4.06. The molecule has 0 aliphatic rings. The first kappa shape index (κ1) is 25.0. The van der Waals surface area contributed by atoms with Gasteiger partial charge in [0.25, 0.3) is 10.9 Å². The van der Waals surface area contributed by atoms with E-state index in [1.54, 1.807) is 7.11 Å². The molecule has 0 aromatic heterocycles. The van der Waals surface area contributed by atoms with Crippen LogP contribution in [0.25, 0.3) is 0 Å². The summed E-state index contributed by atoms with van der Waals surface area (Å²) >= 11 is 0. The molecule has 1 atom stereocenters. The number of hydrogen-bond acceptors (Lipinski definition) is 6. The van der Waals surface area contributed by atoms with Gasteiger partial charge in [0.05, 0.1) is 7.11 Å². The predicted molar refractivity (Wildman–Crippen MR) is 146 cm³/mol. The van der Waals surface area contributed by atoms with Crippen LogP contribution in [0, 0.1) is 0 Å². The third kappa shape index (κ3) is 5.60. The molecule has 0 fully saturated rings. The number of hydrogen-bond donors (Lipinski definition) is 1. The molecule has 186 valence electrons. The van der Waals surface area contributed by atoms with E-state index in [-0.39, 0.29) is 17.4 Å². The highest BCUT2D eigenvalue weighted by Crippen LogP contribution is 2.33. The van der Waals surface area contributed by atoms with Crippen molar-refractivity contribution < 1.29 is 9.47 Å². The van der Waals surface area contributed by atoms with Crippen molar-refractivity contribution in [1.82, 2.24) is 0 Å². The summed E-state index contributed by atoms with van der Waals surface area (Å²) in [6.07, 6.45) is 0. The highest BCUT2D eigenvalue weighted by Gasteiger charge is 2.27. The normalized spacial score (nSPS) is 12.2. The van der Waals surface area contributed by atoms with Gasteiger partial charge in [0, 0.05) is 23.6 Å². The second kappa shape index (κ2) is 10.3. The van der Waals surface area contributed by atoms with Crippen LogP contribution in [0.5, 0.6) is 11.5 Å². The Kier molecular flexibility index (Phi) is 7.15. The van der Waals surface area contributed by atoms with Crippen molar-refractivity contribution in [3.8, 4) is 11.5 Å². The summed E-state index contributed by atoms with van der Waals surface area (Å²) in [6.45, 7) is 8.46. The zero-order chi connectivity index (χ0) is 25.9. The molecule has 0 aliphatic carbocycles. The summed E-state index contributed by atoms with van der Waals surface area (Å²) < 4.78 is 11.1. The van der Waals surface area contributed by atoms with Crippen LogP contribution in [-0.4, -0.2) is 19.3 Å². The van der Waals surface area contributed by atoms with E-state index >= 15 is 0 Å². The second-order valence-electron chi connectivity index (χ2n) is 9.87. The van der Waals surface area contributed by atoms with E-state index in [1.165, 1.54) is 5.56 Å². The van der Waals surface area contributed by atoms with Crippen molar-refractivity contribution in [2.24, 2.45) is 0 Å². The molecule has 0 radical (unpaired) electrons. The molecular formula is C30H32N2O4. The van der Waals surface area contributed by atoms with Gasteiger partial charge in [0.2, 0.25) is 0 Å². The van der Waals surface area contributed by atoms with Crippen molar-refractivity contribution in [2.75, 3.05) is 23.9 Å². The maximum Gasteiger partial charge on any atom is 0.272 e. The van der Waals surface area contributed by atoms with Gasteiger partial charge >= 0.3 is 0 Å². The molecule has 4 aromatic carbocycles. The second-order valence-corrected chi connectivity index (χ2v) is 9.87. The van der Waals surface area contributed by atoms with Gasteiger partial charge in [-0.25, -0.2) is 0 Å². The third-order valence-electron chi connectivity index (χ3n) is 5.91. The van der Waals surface area contributed by atoms with Gasteiger partial charge in [-0.2, -0.15) is 0 Å². The molecule has 4 aromatic rings. The van der Waals surface area contributed by atoms with Crippen molar-refractivity contribution in [3.05, 3.63) is 105 Å². The topological polar surface area (TPSA) is 67.9 Å². The molecule has 0 bridgehead atoms. The zero-order valence-electron chi connectivity index (χ0n) is 21.4. The zero-order valence-corrected chi connectivity index (χ0v) is 21.4. The fraction of sp³-hybridized carbons (Fsp3) is 0.267. The molecule has 4 rings (SSSR count). The van der Waals surface area contributed by atoms with Crippen LogP contribution in [0.1, 0.15) is 39.2 Å². The Balaban J connectivity index is 1.66. The minimum atomic E-state index is -0.597. The number of anilines is 4. The van der Waals surface area contributed by atoms with Crippen LogP contribution in [0.15, 0.2) is 88.5 Å². The van der Waals surface area contributed by atoms with Crippen LogP contribution in [0.2, 0.25) is 0 Å². The first-order valence-electron chi connectivity index (χ1n) is 12.0. The van der Waals surface area contributed by atoms with Gasteiger partial charge in [-0.15, -0.1) is 0 Å². The fourth-order valence-corrected chi connectivity index (χ4v) is 4.07. The highest BCUT2D eigenvalue weighted by molar-refractivity contribution is 5.74. The lowest BCUT2D eigenvalue weighted by Crippen LogP contribution is -2.39. The molecule has 0 saturated carbocycles. The predicted octanol–water partition coefficient (Wildman–Crippen LogP) is 6.15. The SMILES string of the molecule is COc1ccc(N(CC(C)c2ccccc2)c2cccc(Nc3c(OC(C)(C)C)c(=O)c3=O)c2)cc1. The van der Waals surface area contributed by atoms with Crippen molar-refractivity contribution >= 4 is 22.7 Å². The van der Waals surface area contributed by atoms with Crippen LogP contribution in [0.4, 0.5) is 22.7 Å². The molecule has 0 heterocycles. The Morgan fingerprint density at radius 2 is 1.56 bits per heavy atom. The average molecular weight is 485 g/mol. The summed E-state index contributed by atoms with van der Waals surface area (Å²) in [7, 11) is 1.65. The fourth-order valence-electron chi connectivity index (χ4n) is 4.07. The van der Waals surface area contributed by atoms with Gasteiger partial charge in [0.15, 0.2) is 5.75 Å². The Morgan fingerprint density at radius 1 is 0.861 bits per heavy atom. The van der Waals surface area contributed by atoms with Crippen molar-refractivity contribution in [1.29, 1.82) is 0 Å². The molecule has 0 saturated heterocycles. The van der Waals surface area contributed by atoms with E-state index in [4.69, 9.17) is 9.47 Å². The lowest BCUT2D eigenvalue weighted by atomic mass is 10.00. The number of nitrogens with one attached hydrogen (secondary N) is 1. The minimum Gasteiger partial charge on any atom is -0.497 e. The summed E-state index contributed by atoms with van der Waals surface area (Å²) in [6, 6.07) is 26.1. The summed E-state index contributed by atoms with van der Waals surface area (Å²) in [5.41, 5.74) is 2.36. The standard InChI is InChI=1S/C30H32N2O4/c1-20(21-10-7-6-8-11-21)19-32(23-14-16-25(35-5)17-15-23)24-13-9-12-22(18-24)31-26-27(33)28(34)29(26)36-30(2,3)4/h6-18,20,31H,19H2,1-5H3. The maximum atomic E-state index is 12.3. The summed E-state index contributed by atoms with van der Waals surface area (Å²) in [5.74, 6) is 1.13. The smallest absolute Gasteiger partial charge is 0.272 e.